The summed E-state index contributed by atoms with van der Waals surface area (Å²) in [4.78, 5) is 25.9. The standard InChI is InChI=1S/C12H20N2O2S/c1-3-12(4-2)8-10(15)14(11(12)16)7-5-6-9(13)17/h3-8H2,1-2H3,(H2,13,17). The molecule has 4 nitrogen and oxygen atoms in total. The van der Waals surface area contributed by atoms with E-state index in [1.54, 1.807) is 0 Å². The molecule has 0 saturated carbocycles. The third kappa shape index (κ3) is 2.83. The number of hydrogen-bond acceptors (Lipinski definition) is 3. The Balaban J connectivity index is 2.66. The van der Waals surface area contributed by atoms with Gasteiger partial charge in [0.25, 0.3) is 0 Å². The smallest absolute Gasteiger partial charge is 0.235 e. The first-order valence-corrected chi connectivity index (χ1v) is 6.50. The summed E-state index contributed by atoms with van der Waals surface area (Å²) < 4.78 is 0. The molecule has 0 spiro atoms. The lowest BCUT2D eigenvalue weighted by atomic mass is 9.81. The van der Waals surface area contributed by atoms with Crippen LogP contribution in [0.15, 0.2) is 0 Å². The van der Waals surface area contributed by atoms with E-state index in [2.05, 4.69) is 0 Å². The van der Waals surface area contributed by atoms with Gasteiger partial charge >= 0.3 is 0 Å². The fourth-order valence-electron chi connectivity index (χ4n) is 2.30. The predicted octanol–water partition coefficient (Wildman–Crippen LogP) is 1.62. The number of amides is 2. The summed E-state index contributed by atoms with van der Waals surface area (Å²) in [7, 11) is 0. The van der Waals surface area contributed by atoms with Gasteiger partial charge in [-0.15, -0.1) is 0 Å². The summed E-state index contributed by atoms with van der Waals surface area (Å²) in [6.07, 6.45) is 3.04. The first-order valence-electron chi connectivity index (χ1n) is 6.10. The highest BCUT2D eigenvalue weighted by molar-refractivity contribution is 7.80. The normalized spacial score (nSPS) is 18.8. The molecule has 5 heteroatoms. The van der Waals surface area contributed by atoms with Gasteiger partial charge in [-0.2, -0.15) is 0 Å². The van der Waals surface area contributed by atoms with E-state index in [-0.39, 0.29) is 11.8 Å². The summed E-state index contributed by atoms with van der Waals surface area (Å²) in [6.45, 7) is 4.37. The molecule has 1 rings (SSSR count). The molecule has 2 amide bonds. The number of carbonyl (C=O) groups excluding carboxylic acids is 2. The van der Waals surface area contributed by atoms with Crippen molar-refractivity contribution >= 4 is 29.0 Å². The average molecular weight is 256 g/mol. The Morgan fingerprint density at radius 1 is 1.41 bits per heavy atom. The van der Waals surface area contributed by atoms with Crippen LogP contribution >= 0.6 is 12.2 Å². The van der Waals surface area contributed by atoms with Gasteiger partial charge < -0.3 is 5.73 Å². The van der Waals surface area contributed by atoms with Gasteiger partial charge in [0.1, 0.15) is 0 Å². The second-order valence-corrected chi connectivity index (χ2v) is 5.11. The topological polar surface area (TPSA) is 63.4 Å². The van der Waals surface area contributed by atoms with Crippen molar-refractivity contribution in [1.82, 2.24) is 4.90 Å². The fourth-order valence-corrected chi connectivity index (χ4v) is 2.44. The zero-order valence-electron chi connectivity index (χ0n) is 10.5. The van der Waals surface area contributed by atoms with E-state index in [4.69, 9.17) is 18.0 Å². The van der Waals surface area contributed by atoms with Gasteiger partial charge in [-0.25, -0.2) is 0 Å². The average Bonchev–Trinajstić information content (AvgIpc) is 2.53. The van der Waals surface area contributed by atoms with E-state index in [9.17, 15) is 9.59 Å². The monoisotopic (exact) mass is 256 g/mol. The molecule has 1 heterocycles. The number of nitrogens with zero attached hydrogens (tertiary/aromatic N) is 1. The van der Waals surface area contributed by atoms with E-state index in [1.165, 1.54) is 4.90 Å². The Morgan fingerprint density at radius 2 is 2.00 bits per heavy atom. The van der Waals surface area contributed by atoms with Crippen LogP contribution in [-0.4, -0.2) is 28.2 Å². The molecule has 17 heavy (non-hydrogen) atoms. The van der Waals surface area contributed by atoms with Crippen LogP contribution in [0.5, 0.6) is 0 Å². The van der Waals surface area contributed by atoms with Crippen molar-refractivity contribution in [3.05, 3.63) is 0 Å². The fraction of sp³-hybridized carbons (Fsp3) is 0.750. The minimum Gasteiger partial charge on any atom is -0.393 e. The first kappa shape index (κ1) is 14.1. The summed E-state index contributed by atoms with van der Waals surface area (Å²) >= 11 is 4.77. The van der Waals surface area contributed by atoms with Crippen LogP contribution in [-0.2, 0) is 9.59 Å². The Kier molecular flexibility index (Phi) is 4.62. The highest BCUT2D eigenvalue weighted by Gasteiger charge is 2.48. The highest BCUT2D eigenvalue weighted by atomic mass is 32.1. The van der Waals surface area contributed by atoms with Crippen LogP contribution in [0.2, 0.25) is 0 Å². The molecule has 0 aromatic heterocycles. The number of carbonyl (C=O) groups is 2. The molecule has 0 radical (unpaired) electrons. The molecule has 0 aliphatic carbocycles. The molecular formula is C12H20N2O2S. The van der Waals surface area contributed by atoms with Crippen LogP contribution in [0, 0.1) is 5.41 Å². The van der Waals surface area contributed by atoms with Gasteiger partial charge in [0, 0.05) is 13.0 Å². The quantitative estimate of drug-likeness (QED) is 0.579. The Morgan fingerprint density at radius 3 is 2.41 bits per heavy atom. The van der Waals surface area contributed by atoms with Gasteiger partial charge in [0.05, 0.1) is 10.4 Å². The third-order valence-corrected chi connectivity index (χ3v) is 3.85. The van der Waals surface area contributed by atoms with Gasteiger partial charge in [0.2, 0.25) is 11.8 Å². The molecule has 0 atom stereocenters. The van der Waals surface area contributed by atoms with Gasteiger partial charge in [-0.05, 0) is 25.7 Å². The summed E-state index contributed by atoms with van der Waals surface area (Å²) in [5.74, 6) is -0.0721. The first-order chi connectivity index (χ1) is 7.96. The number of thiocarbonyl (C=S) groups is 1. The lowest BCUT2D eigenvalue weighted by Gasteiger charge is -2.23. The van der Waals surface area contributed by atoms with Crippen LogP contribution in [0.25, 0.3) is 0 Å². The lowest BCUT2D eigenvalue weighted by molar-refractivity contribution is -0.141. The second kappa shape index (κ2) is 5.58. The maximum absolute atomic E-state index is 12.2. The van der Waals surface area contributed by atoms with Crippen LogP contribution in [0.4, 0.5) is 0 Å². The van der Waals surface area contributed by atoms with Crippen LogP contribution in [0.3, 0.4) is 0 Å². The van der Waals surface area contributed by atoms with E-state index >= 15 is 0 Å². The lowest BCUT2D eigenvalue weighted by Crippen LogP contribution is -2.36. The molecule has 2 N–H and O–H groups in total. The number of rotatable bonds is 6. The maximum Gasteiger partial charge on any atom is 0.235 e. The zero-order chi connectivity index (χ0) is 13.1. The zero-order valence-corrected chi connectivity index (χ0v) is 11.3. The maximum atomic E-state index is 12.2. The molecule has 0 aromatic rings. The summed E-state index contributed by atoms with van der Waals surface area (Å²) in [5.41, 5.74) is 4.94. The van der Waals surface area contributed by atoms with Crippen LogP contribution in [0.1, 0.15) is 46.0 Å². The van der Waals surface area contributed by atoms with Crippen molar-refractivity contribution in [2.75, 3.05) is 6.54 Å². The van der Waals surface area contributed by atoms with Crippen molar-refractivity contribution in [2.45, 2.75) is 46.0 Å². The SMILES string of the molecule is CCC1(CC)CC(=O)N(CCCC(N)=S)C1=O. The molecule has 1 fully saturated rings. The largest absolute Gasteiger partial charge is 0.393 e. The number of imide groups is 1. The highest BCUT2D eigenvalue weighted by Crippen LogP contribution is 2.39. The van der Waals surface area contributed by atoms with E-state index < -0.39 is 5.41 Å². The Hall–Kier alpha value is -0.970. The van der Waals surface area contributed by atoms with Crippen molar-refractivity contribution in [3.8, 4) is 0 Å². The molecular weight excluding hydrogens is 236 g/mol. The van der Waals surface area contributed by atoms with Crippen molar-refractivity contribution in [2.24, 2.45) is 11.1 Å². The van der Waals surface area contributed by atoms with Gasteiger partial charge in [-0.1, -0.05) is 26.1 Å². The van der Waals surface area contributed by atoms with Gasteiger partial charge in [0.15, 0.2) is 0 Å². The predicted molar refractivity (Wildman–Crippen MR) is 70.4 cm³/mol. The Labute approximate surface area is 108 Å². The van der Waals surface area contributed by atoms with Crippen molar-refractivity contribution in [3.63, 3.8) is 0 Å². The molecule has 1 aliphatic heterocycles. The summed E-state index contributed by atoms with van der Waals surface area (Å²) in [6, 6.07) is 0. The minimum absolute atomic E-state index is 0.0181. The van der Waals surface area contributed by atoms with E-state index in [0.29, 0.717) is 30.8 Å². The second-order valence-electron chi connectivity index (χ2n) is 4.58. The van der Waals surface area contributed by atoms with Crippen LogP contribution < -0.4 is 5.73 Å². The number of likely N-dealkylation sites (tertiary alicyclic amines) is 1. The molecule has 1 saturated heterocycles. The molecule has 0 unspecified atom stereocenters. The molecule has 0 aromatic carbocycles. The Bertz CT molecular complexity index is 337. The van der Waals surface area contributed by atoms with Crippen molar-refractivity contribution < 1.29 is 9.59 Å². The number of nitrogens with two attached hydrogens (primary N) is 1. The van der Waals surface area contributed by atoms with E-state index in [0.717, 1.165) is 12.8 Å². The molecule has 1 aliphatic rings. The minimum atomic E-state index is -0.458. The van der Waals surface area contributed by atoms with E-state index in [1.807, 2.05) is 13.8 Å². The summed E-state index contributed by atoms with van der Waals surface area (Å²) in [5, 5.41) is 0. The third-order valence-electron chi connectivity index (χ3n) is 3.65. The van der Waals surface area contributed by atoms with Crippen molar-refractivity contribution in [1.29, 1.82) is 0 Å². The molecule has 0 bridgehead atoms. The molecule has 96 valence electrons. The number of hydrogen-bond donors (Lipinski definition) is 1. The van der Waals surface area contributed by atoms with Gasteiger partial charge in [-0.3, -0.25) is 14.5 Å².